The molecule has 0 atom stereocenters. The number of phenolic OH excluding ortho intramolecular Hbond substituents is 2. The maximum atomic E-state index is 14.8. The average molecular weight is 595 g/mol. The van der Waals surface area contributed by atoms with Crippen molar-refractivity contribution in [1.29, 1.82) is 0 Å². The molecule has 1 aliphatic rings. The number of rotatable bonds is 2. The molecule has 0 radical (unpaired) electrons. The summed E-state index contributed by atoms with van der Waals surface area (Å²) in [6, 6.07) is 11.2. The lowest BCUT2D eigenvalue weighted by atomic mass is 9.72. The van der Waals surface area contributed by atoms with Crippen molar-refractivity contribution in [3.05, 3.63) is 92.0 Å². The van der Waals surface area contributed by atoms with Crippen LogP contribution in [-0.2, 0) is 21.7 Å². The van der Waals surface area contributed by atoms with Crippen LogP contribution in [0.4, 0.5) is 0 Å². The van der Waals surface area contributed by atoms with Gasteiger partial charge in [-0.1, -0.05) is 95.2 Å². The summed E-state index contributed by atoms with van der Waals surface area (Å²) in [7, 11) is 0. The molecule has 0 fully saturated rings. The SMILES string of the molecule is Cc1ccc2c(c1C)C(=O)C(c1cc(C(C)(C)C)c(O)c(C(C)(C)C)c1)=C(c1cc(C(C)(C)C)c(O)c(C(C)(C)C)c1)C2=O. The van der Waals surface area contributed by atoms with Gasteiger partial charge in [-0.3, -0.25) is 9.59 Å². The monoisotopic (exact) mass is 594 g/mol. The Labute approximate surface area is 264 Å². The van der Waals surface area contributed by atoms with Gasteiger partial charge in [0.15, 0.2) is 11.6 Å². The summed E-state index contributed by atoms with van der Waals surface area (Å²) in [6.45, 7) is 28.3. The van der Waals surface area contributed by atoms with E-state index in [-0.39, 0.29) is 23.1 Å². The lowest BCUT2D eigenvalue weighted by Crippen LogP contribution is -2.25. The first kappa shape index (κ1) is 33.2. The Morgan fingerprint density at radius 2 is 0.818 bits per heavy atom. The zero-order valence-electron chi connectivity index (χ0n) is 29.2. The fourth-order valence-corrected chi connectivity index (χ4v) is 6.18. The van der Waals surface area contributed by atoms with Gasteiger partial charge in [0.25, 0.3) is 0 Å². The highest BCUT2D eigenvalue weighted by atomic mass is 16.3. The molecule has 4 heteroatoms. The fraction of sp³-hybridized carbons (Fsp3) is 0.450. The number of hydrogen-bond donors (Lipinski definition) is 2. The molecule has 3 aromatic carbocycles. The van der Waals surface area contributed by atoms with Gasteiger partial charge >= 0.3 is 0 Å². The predicted molar refractivity (Wildman–Crippen MR) is 182 cm³/mol. The van der Waals surface area contributed by atoms with Crippen LogP contribution in [0, 0.1) is 13.8 Å². The van der Waals surface area contributed by atoms with E-state index in [1.54, 1.807) is 6.07 Å². The van der Waals surface area contributed by atoms with Gasteiger partial charge in [0.05, 0.1) is 0 Å². The van der Waals surface area contributed by atoms with E-state index < -0.39 is 21.7 Å². The number of benzene rings is 3. The highest BCUT2D eigenvalue weighted by molar-refractivity contribution is 6.52. The Hall–Kier alpha value is -3.66. The Balaban J connectivity index is 2.28. The van der Waals surface area contributed by atoms with Crippen LogP contribution < -0.4 is 0 Å². The third-order valence-electron chi connectivity index (χ3n) is 8.94. The first-order valence-corrected chi connectivity index (χ1v) is 15.6. The number of ketones is 2. The molecule has 2 N–H and O–H groups in total. The van der Waals surface area contributed by atoms with Crippen molar-refractivity contribution in [3.63, 3.8) is 0 Å². The molecule has 234 valence electrons. The maximum Gasteiger partial charge on any atom is 0.195 e. The number of phenols is 2. The highest BCUT2D eigenvalue weighted by Crippen LogP contribution is 2.47. The Morgan fingerprint density at radius 3 is 1.14 bits per heavy atom. The van der Waals surface area contributed by atoms with Crippen LogP contribution >= 0.6 is 0 Å². The molecule has 0 bridgehead atoms. The normalized spacial score (nSPS) is 14.8. The number of aromatic hydroxyl groups is 2. The van der Waals surface area contributed by atoms with Gasteiger partial charge in [0, 0.05) is 44.5 Å². The van der Waals surface area contributed by atoms with Gasteiger partial charge in [0.2, 0.25) is 0 Å². The van der Waals surface area contributed by atoms with Gasteiger partial charge in [-0.05, 0) is 82.0 Å². The van der Waals surface area contributed by atoms with E-state index in [0.717, 1.165) is 33.4 Å². The van der Waals surface area contributed by atoms with Gasteiger partial charge < -0.3 is 10.2 Å². The Morgan fingerprint density at radius 1 is 0.500 bits per heavy atom. The van der Waals surface area contributed by atoms with E-state index in [9.17, 15) is 19.8 Å². The molecular weight excluding hydrogens is 544 g/mol. The smallest absolute Gasteiger partial charge is 0.195 e. The van der Waals surface area contributed by atoms with E-state index >= 15 is 0 Å². The summed E-state index contributed by atoms with van der Waals surface area (Å²) >= 11 is 0. The third kappa shape index (κ3) is 5.64. The van der Waals surface area contributed by atoms with Crippen molar-refractivity contribution in [2.45, 2.75) is 119 Å². The number of aryl methyl sites for hydroxylation is 1. The summed E-state index contributed by atoms with van der Waals surface area (Å²) in [4.78, 5) is 29.6. The molecule has 0 aromatic heterocycles. The molecule has 3 aromatic rings. The summed E-state index contributed by atoms with van der Waals surface area (Å²) in [5.74, 6) is 0.00862. The molecule has 1 aliphatic carbocycles. The van der Waals surface area contributed by atoms with Gasteiger partial charge in [-0.2, -0.15) is 0 Å². The van der Waals surface area contributed by atoms with E-state index in [0.29, 0.717) is 33.4 Å². The number of allylic oxidation sites excluding steroid dienone is 2. The zero-order valence-corrected chi connectivity index (χ0v) is 29.2. The summed E-state index contributed by atoms with van der Waals surface area (Å²) < 4.78 is 0. The second-order valence-electron chi connectivity index (χ2n) is 16.7. The van der Waals surface area contributed by atoms with E-state index in [1.807, 2.05) is 127 Å². The second kappa shape index (κ2) is 10.5. The summed E-state index contributed by atoms with van der Waals surface area (Å²) in [5.41, 5.74) is 5.61. The van der Waals surface area contributed by atoms with Crippen LogP contribution in [0.3, 0.4) is 0 Å². The standard InChI is InChI=1S/C40H50O4/c1-21-15-16-25-30(22(21)2)36(44)32(24-19-28(39(9,10)11)35(43)29(20-24)40(12,13)14)31(33(25)41)23-17-26(37(3,4)5)34(42)27(18-23)38(6,7)8/h15-20,42-43H,1-14H3. The third-order valence-corrected chi connectivity index (χ3v) is 8.94. The van der Waals surface area contributed by atoms with Crippen LogP contribution in [-0.4, -0.2) is 21.8 Å². The van der Waals surface area contributed by atoms with Crippen LogP contribution in [0.25, 0.3) is 11.1 Å². The lowest BCUT2D eigenvalue weighted by molar-refractivity contribution is 0.101. The van der Waals surface area contributed by atoms with E-state index in [1.165, 1.54) is 0 Å². The maximum absolute atomic E-state index is 14.8. The molecule has 0 saturated heterocycles. The minimum absolute atomic E-state index is 0.205. The van der Waals surface area contributed by atoms with Crippen molar-refractivity contribution in [2.24, 2.45) is 0 Å². The second-order valence-corrected chi connectivity index (χ2v) is 16.7. The average Bonchev–Trinajstić information content (AvgIpc) is 2.85. The predicted octanol–water partition coefficient (Wildman–Crippen LogP) is 9.89. The van der Waals surface area contributed by atoms with Crippen LogP contribution in [0.1, 0.15) is 148 Å². The Bertz CT molecular complexity index is 1670. The molecule has 0 aliphatic heterocycles. The summed E-state index contributed by atoms with van der Waals surface area (Å²) in [6.07, 6.45) is 0. The molecular formula is C40H50O4. The molecule has 0 spiro atoms. The Kier molecular flexibility index (Phi) is 7.90. The number of hydrogen-bond acceptors (Lipinski definition) is 4. The first-order valence-electron chi connectivity index (χ1n) is 15.6. The highest BCUT2D eigenvalue weighted by Gasteiger charge is 2.38. The largest absolute Gasteiger partial charge is 0.507 e. The van der Waals surface area contributed by atoms with Gasteiger partial charge in [-0.15, -0.1) is 0 Å². The molecule has 0 heterocycles. The zero-order chi connectivity index (χ0) is 33.5. The first-order chi connectivity index (χ1) is 19.9. The quantitative estimate of drug-likeness (QED) is 0.310. The van der Waals surface area contributed by atoms with Crippen LogP contribution in [0.2, 0.25) is 0 Å². The number of carbonyl (C=O) groups excluding carboxylic acids is 2. The molecule has 0 saturated carbocycles. The van der Waals surface area contributed by atoms with Gasteiger partial charge in [0.1, 0.15) is 11.5 Å². The van der Waals surface area contributed by atoms with Crippen LogP contribution in [0.5, 0.6) is 11.5 Å². The molecule has 0 amide bonds. The van der Waals surface area contributed by atoms with Gasteiger partial charge in [-0.25, -0.2) is 0 Å². The van der Waals surface area contributed by atoms with Crippen LogP contribution in [0.15, 0.2) is 36.4 Å². The number of Topliss-reactive ketones (excluding diaryl/α,β-unsaturated/α-hetero) is 2. The fourth-order valence-electron chi connectivity index (χ4n) is 6.18. The van der Waals surface area contributed by atoms with Crippen molar-refractivity contribution in [3.8, 4) is 11.5 Å². The summed E-state index contributed by atoms with van der Waals surface area (Å²) in [5, 5.41) is 23.0. The molecule has 4 nitrogen and oxygen atoms in total. The molecule has 4 rings (SSSR count). The molecule has 44 heavy (non-hydrogen) atoms. The number of fused-ring (bicyclic) bond motifs is 1. The van der Waals surface area contributed by atoms with Crippen molar-refractivity contribution in [2.75, 3.05) is 0 Å². The van der Waals surface area contributed by atoms with E-state index in [4.69, 9.17) is 0 Å². The minimum atomic E-state index is -0.426. The van der Waals surface area contributed by atoms with E-state index in [2.05, 4.69) is 0 Å². The molecule has 0 unspecified atom stereocenters. The topological polar surface area (TPSA) is 74.6 Å². The van der Waals surface area contributed by atoms with Crippen molar-refractivity contribution < 1.29 is 19.8 Å². The van der Waals surface area contributed by atoms with Crippen molar-refractivity contribution >= 4 is 22.7 Å². The minimum Gasteiger partial charge on any atom is -0.507 e. The number of carbonyl (C=O) groups is 2. The lowest BCUT2D eigenvalue weighted by Gasteiger charge is -2.31. The van der Waals surface area contributed by atoms with Crippen molar-refractivity contribution in [1.82, 2.24) is 0 Å².